The van der Waals surface area contributed by atoms with Gasteiger partial charge in [-0.3, -0.25) is 10.1 Å². The molecule has 0 aliphatic heterocycles. The number of hydrogen-bond donors (Lipinski definition) is 0. The summed E-state index contributed by atoms with van der Waals surface area (Å²) in [5, 5.41) is 10.5. The van der Waals surface area contributed by atoms with Gasteiger partial charge in [0, 0.05) is 12.1 Å². The van der Waals surface area contributed by atoms with E-state index >= 15 is 0 Å². The Balaban J connectivity index is 2.08. The molecule has 0 bridgehead atoms. The van der Waals surface area contributed by atoms with Crippen molar-refractivity contribution in [1.82, 2.24) is 4.57 Å². The average Bonchev–Trinajstić information content (AvgIpc) is 2.78. The van der Waals surface area contributed by atoms with Crippen molar-refractivity contribution in [1.29, 1.82) is 0 Å². The number of nitro benzene ring substituents is 1. The summed E-state index contributed by atoms with van der Waals surface area (Å²) in [6.45, 7) is 1.20. The average molecular weight is 242 g/mol. The van der Waals surface area contributed by atoms with E-state index in [2.05, 4.69) is 5.92 Å². The van der Waals surface area contributed by atoms with Crippen molar-refractivity contribution in [3.63, 3.8) is 0 Å². The molecule has 0 N–H and O–H groups in total. The zero-order valence-corrected chi connectivity index (χ0v) is 9.69. The van der Waals surface area contributed by atoms with Crippen molar-refractivity contribution in [2.24, 2.45) is 0 Å². The molecule has 0 unspecified atom stereocenters. The van der Waals surface area contributed by atoms with Crippen molar-refractivity contribution in [3.8, 4) is 12.3 Å². The van der Waals surface area contributed by atoms with Crippen LogP contribution in [-0.2, 0) is 13.1 Å². The molecule has 90 valence electrons. The third kappa shape index (κ3) is 2.74. The van der Waals surface area contributed by atoms with E-state index in [0.29, 0.717) is 13.1 Å². The molecule has 0 aliphatic carbocycles. The summed E-state index contributed by atoms with van der Waals surface area (Å²) in [7, 11) is 0. The van der Waals surface area contributed by atoms with Crippen LogP contribution in [-0.4, -0.2) is 9.49 Å². The Labute approximate surface area is 104 Å². The molecule has 0 saturated carbocycles. The summed E-state index contributed by atoms with van der Waals surface area (Å²) < 4.78 is 3.86. The van der Waals surface area contributed by atoms with Crippen LogP contribution in [0.1, 0.15) is 5.56 Å². The van der Waals surface area contributed by atoms with Crippen LogP contribution in [0.3, 0.4) is 0 Å². The lowest BCUT2D eigenvalue weighted by Gasteiger charge is -1.97. The predicted molar refractivity (Wildman–Crippen MR) is 65.7 cm³/mol. The molecule has 0 atom stereocenters. The minimum absolute atomic E-state index is 0.105. The molecule has 1 heterocycles. The highest BCUT2D eigenvalue weighted by Crippen LogP contribution is 2.11. The normalized spacial score (nSPS) is 9.94. The molecule has 0 spiro atoms. The number of benzene rings is 1. The fourth-order valence-corrected chi connectivity index (χ4v) is 1.67. The van der Waals surface area contributed by atoms with E-state index < -0.39 is 4.92 Å². The molecule has 0 aliphatic rings. The van der Waals surface area contributed by atoms with Crippen LogP contribution < -0.4 is 4.57 Å². The first-order chi connectivity index (χ1) is 8.69. The molecular weight excluding hydrogens is 230 g/mol. The Morgan fingerprint density at radius 3 is 2.72 bits per heavy atom. The van der Waals surface area contributed by atoms with Gasteiger partial charge in [0.15, 0.2) is 6.54 Å². The summed E-state index contributed by atoms with van der Waals surface area (Å²) in [5.41, 5.74) is 1.11. The molecule has 2 aromatic rings. The summed E-state index contributed by atoms with van der Waals surface area (Å²) in [4.78, 5) is 10.1. The number of terminal acetylenes is 1. The summed E-state index contributed by atoms with van der Waals surface area (Å²) >= 11 is 0. The molecule has 1 aromatic heterocycles. The Hall–Kier alpha value is -2.61. The quantitative estimate of drug-likeness (QED) is 0.352. The monoisotopic (exact) mass is 242 g/mol. The van der Waals surface area contributed by atoms with Gasteiger partial charge in [-0.05, 0) is 17.7 Å². The lowest BCUT2D eigenvalue weighted by molar-refractivity contribution is -0.687. The Bertz CT molecular complexity index is 593. The second kappa shape index (κ2) is 5.15. The topological polar surface area (TPSA) is 52.0 Å². The minimum Gasteiger partial charge on any atom is -0.258 e. The largest absolute Gasteiger partial charge is 0.269 e. The SMILES string of the molecule is C#CCn1cc[n+](Cc2ccc([N+](=O)[O-])cc2)c1. The predicted octanol–water partition coefficient (Wildman–Crippen LogP) is 1.37. The fourth-order valence-electron chi connectivity index (χ4n) is 1.67. The van der Waals surface area contributed by atoms with Gasteiger partial charge in [-0.15, -0.1) is 6.42 Å². The standard InChI is InChI=1S/C13H12N3O2/c1-2-7-14-8-9-15(11-14)10-12-3-5-13(6-4-12)16(17)18/h1,3-6,8-9,11H,7,10H2/q+1. The van der Waals surface area contributed by atoms with Crippen LogP contribution in [0.2, 0.25) is 0 Å². The first-order valence-electron chi connectivity index (χ1n) is 5.40. The van der Waals surface area contributed by atoms with Gasteiger partial charge >= 0.3 is 0 Å². The smallest absolute Gasteiger partial charge is 0.258 e. The third-order valence-corrected chi connectivity index (χ3v) is 2.53. The van der Waals surface area contributed by atoms with E-state index in [1.807, 2.05) is 27.9 Å². The fraction of sp³-hybridized carbons (Fsp3) is 0.154. The maximum absolute atomic E-state index is 10.5. The number of nitrogens with zero attached hydrogens (tertiary/aromatic N) is 3. The molecule has 18 heavy (non-hydrogen) atoms. The van der Waals surface area contributed by atoms with E-state index in [1.54, 1.807) is 12.1 Å². The zero-order chi connectivity index (χ0) is 13.0. The van der Waals surface area contributed by atoms with Crippen LogP contribution in [0.25, 0.3) is 0 Å². The zero-order valence-electron chi connectivity index (χ0n) is 9.69. The van der Waals surface area contributed by atoms with Gasteiger partial charge in [0.25, 0.3) is 5.69 Å². The van der Waals surface area contributed by atoms with E-state index in [-0.39, 0.29) is 5.69 Å². The number of imidazole rings is 1. The molecule has 0 amide bonds. The highest BCUT2D eigenvalue weighted by atomic mass is 16.6. The first-order valence-corrected chi connectivity index (χ1v) is 5.40. The van der Waals surface area contributed by atoms with Gasteiger partial charge in [-0.25, -0.2) is 9.13 Å². The molecule has 0 saturated heterocycles. The second-order valence-corrected chi connectivity index (χ2v) is 3.89. The van der Waals surface area contributed by atoms with Crippen molar-refractivity contribution in [2.75, 3.05) is 0 Å². The maximum atomic E-state index is 10.5. The van der Waals surface area contributed by atoms with E-state index in [4.69, 9.17) is 6.42 Å². The molecular formula is C13H12N3O2+. The van der Waals surface area contributed by atoms with Crippen molar-refractivity contribution >= 4 is 5.69 Å². The van der Waals surface area contributed by atoms with E-state index in [9.17, 15) is 10.1 Å². The van der Waals surface area contributed by atoms with Crippen molar-refractivity contribution < 1.29 is 9.49 Å². The first kappa shape index (κ1) is 11.9. The molecule has 5 heteroatoms. The van der Waals surface area contributed by atoms with Crippen LogP contribution in [0.4, 0.5) is 5.69 Å². The van der Waals surface area contributed by atoms with Crippen molar-refractivity contribution in [2.45, 2.75) is 13.1 Å². The van der Waals surface area contributed by atoms with Gasteiger partial charge in [0.2, 0.25) is 6.33 Å². The van der Waals surface area contributed by atoms with Crippen LogP contribution >= 0.6 is 0 Å². The minimum atomic E-state index is -0.402. The van der Waals surface area contributed by atoms with Gasteiger partial charge < -0.3 is 0 Å². The Morgan fingerprint density at radius 1 is 1.39 bits per heavy atom. The van der Waals surface area contributed by atoms with Crippen LogP contribution in [0.5, 0.6) is 0 Å². The van der Waals surface area contributed by atoms with Gasteiger partial charge in [-0.2, -0.15) is 0 Å². The number of rotatable bonds is 4. The Morgan fingerprint density at radius 2 is 2.11 bits per heavy atom. The third-order valence-electron chi connectivity index (χ3n) is 2.53. The van der Waals surface area contributed by atoms with E-state index in [0.717, 1.165) is 5.56 Å². The number of hydrogen-bond acceptors (Lipinski definition) is 2. The van der Waals surface area contributed by atoms with E-state index in [1.165, 1.54) is 12.1 Å². The van der Waals surface area contributed by atoms with Gasteiger partial charge in [0.1, 0.15) is 18.9 Å². The number of non-ortho nitro benzene ring substituents is 1. The molecule has 1 aromatic carbocycles. The van der Waals surface area contributed by atoms with Gasteiger partial charge in [-0.1, -0.05) is 5.92 Å². The highest BCUT2D eigenvalue weighted by Gasteiger charge is 2.07. The van der Waals surface area contributed by atoms with Crippen molar-refractivity contribution in [3.05, 3.63) is 58.7 Å². The summed E-state index contributed by atoms with van der Waals surface area (Å²) in [5.74, 6) is 2.56. The van der Waals surface area contributed by atoms with Gasteiger partial charge in [0.05, 0.1) is 4.92 Å². The summed E-state index contributed by atoms with van der Waals surface area (Å²) in [6.07, 6.45) is 10.9. The lowest BCUT2D eigenvalue weighted by atomic mass is 10.2. The maximum Gasteiger partial charge on any atom is 0.269 e. The summed E-state index contributed by atoms with van der Waals surface area (Å²) in [6, 6.07) is 6.52. The van der Waals surface area contributed by atoms with Crippen LogP contribution in [0.15, 0.2) is 43.0 Å². The Kier molecular flexibility index (Phi) is 3.39. The lowest BCUT2D eigenvalue weighted by Crippen LogP contribution is -2.31. The van der Waals surface area contributed by atoms with Crippen LogP contribution in [0, 0.1) is 22.5 Å². The molecule has 0 fully saturated rings. The molecule has 5 nitrogen and oxygen atoms in total. The highest BCUT2D eigenvalue weighted by molar-refractivity contribution is 5.32. The number of nitro groups is 1. The second-order valence-electron chi connectivity index (χ2n) is 3.89. The number of aromatic nitrogens is 2. The molecule has 2 rings (SSSR count). The molecule has 0 radical (unpaired) electrons.